The summed E-state index contributed by atoms with van der Waals surface area (Å²) in [4.78, 5) is 14.4. The predicted molar refractivity (Wildman–Crippen MR) is 146 cm³/mol. The van der Waals surface area contributed by atoms with Gasteiger partial charge in [0.1, 0.15) is 6.61 Å². The summed E-state index contributed by atoms with van der Waals surface area (Å²) >= 11 is 18.5. The van der Waals surface area contributed by atoms with E-state index in [1.54, 1.807) is 42.5 Å². The predicted octanol–water partition coefficient (Wildman–Crippen LogP) is 8.40. The van der Waals surface area contributed by atoms with E-state index in [0.29, 0.717) is 33.7 Å². The number of halogens is 5. The number of amides is 1. The molecule has 4 rings (SSSR count). The molecule has 0 spiro atoms. The van der Waals surface area contributed by atoms with Crippen LogP contribution in [-0.2, 0) is 17.6 Å². The van der Waals surface area contributed by atoms with Crippen molar-refractivity contribution in [1.29, 1.82) is 0 Å². The van der Waals surface area contributed by atoms with Gasteiger partial charge in [-0.15, -0.1) is 0 Å². The van der Waals surface area contributed by atoms with Gasteiger partial charge in [0.2, 0.25) is 0 Å². The van der Waals surface area contributed by atoms with Gasteiger partial charge in [-0.05, 0) is 61.0 Å². The molecule has 3 aromatic carbocycles. The Morgan fingerprint density at radius 2 is 1.81 bits per heavy atom. The van der Waals surface area contributed by atoms with Gasteiger partial charge in [-0.2, -0.15) is 13.2 Å². The van der Waals surface area contributed by atoms with Crippen molar-refractivity contribution < 1.29 is 27.4 Å². The zero-order valence-electron chi connectivity index (χ0n) is 19.1. The lowest BCUT2D eigenvalue weighted by Gasteiger charge is -2.16. The van der Waals surface area contributed by atoms with Crippen LogP contribution in [0.3, 0.4) is 0 Å². The van der Waals surface area contributed by atoms with E-state index in [1.165, 1.54) is 12.1 Å². The summed E-state index contributed by atoms with van der Waals surface area (Å²) in [6.07, 6.45) is -2.93. The number of benzene rings is 3. The molecule has 1 saturated heterocycles. The molecule has 3 aromatic rings. The maximum absolute atomic E-state index is 13.1. The number of nitrogens with zero attached hydrogens (tertiary/aromatic N) is 1. The standard InChI is InChI=1S/C26H18Cl2F3NO3S2/c1-2-34-22-10-15(6-9-21(22)35-14-16-7-8-18(27)13-20(16)28)11-23-24(33)32(25(36)37-23)19-5-3-4-17(12-19)26(29,30)31/h3-13H,2,14H2,1H3/b23-11-. The van der Waals surface area contributed by atoms with Crippen LogP contribution < -0.4 is 14.4 Å². The van der Waals surface area contributed by atoms with Gasteiger partial charge in [-0.3, -0.25) is 9.69 Å². The number of anilines is 1. The van der Waals surface area contributed by atoms with Crippen LogP contribution in [0.15, 0.2) is 65.6 Å². The van der Waals surface area contributed by atoms with E-state index in [4.69, 9.17) is 44.9 Å². The fraction of sp³-hybridized carbons (Fsp3) is 0.154. The molecule has 0 aliphatic carbocycles. The first kappa shape index (κ1) is 27.3. The van der Waals surface area contributed by atoms with Crippen LogP contribution in [0.2, 0.25) is 10.0 Å². The van der Waals surface area contributed by atoms with Crippen LogP contribution >= 0.6 is 47.2 Å². The maximum atomic E-state index is 13.1. The van der Waals surface area contributed by atoms with Gasteiger partial charge >= 0.3 is 6.18 Å². The fourth-order valence-corrected chi connectivity index (χ4v) is 5.22. The Bertz CT molecular complexity index is 1400. The number of carbonyl (C=O) groups is 1. The fourth-order valence-electron chi connectivity index (χ4n) is 3.46. The Labute approximate surface area is 231 Å². The zero-order valence-corrected chi connectivity index (χ0v) is 22.3. The second-order valence-electron chi connectivity index (χ2n) is 7.73. The van der Waals surface area contributed by atoms with E-state index in [2.05, 4.69) is 0 Å². The summed E-state index contributed by atoms with van der Waals surface area (Å²) in [7, 11) is 0. The van der Waals surface area contributed by atoms with Crippen LogP contribution in [-0.4, -0.2) is 16.8 Å². The third-order valence-electron chi connectivity index (χ3n) is 5.19. The van der Waals surface area contributed by atoms with Gasteiger partial charge in [0.05, 0.1) is 22.8 Å². The molecule has 1 fully saturated rings. The molecule has 11 heteroatoms. The Morgan fingerprint density at radius 3 is 2.51 bits per heavy atom. The van der Waals surface area contributed by atoms with Gasteiger partial charge < -0.3 is 9.47 Å². The maximum Gasteiger partial charge on any atom is 0.416 e. The van der Waals surface area contributed by atoms with Gasteiger partial charge in [0.15, 0.2) is 15.8 Å². The van der Waals surface area contributed by atoms with Crippen molar-refractivity contribution in [3.05, 3.63) is 92.3 Å². The molecule has 1 aliphatic rings. The van der Waals surface area contributed by atoms with Crippen LogP contribution in [0.1, 0.15) is 23.6 Å². The molecule has 0 aromatic heterocycles. The molecular formula is C26H18Cl2F3NO3S2. The van der Waals surface area contributed by atoms with E-state index in [0.717, 1.165) is 34.4 Å². The van der Waals surface area contributed by atoms with Crippen molar-refractivity contribution in [2.75, 3.05) is 11.5 Å². The number of thiocarbonyl (C=S) groups is 1. The topological polar surface area (TPSA) is 38.8 Å². The molecule has 1 aliphatic heterocycles. The largest absolute Gasteiger partial charge is 0.490 e. The first-order valence-corrected chi connectivity index (χ1v) is 12.8. The van der Waals surface area contributed by atoms with Crippen molar-refractivity contribution >= 4 is 69.2 Å². The number of hydrogen-bond donors (Lipinski definition) is 0. The quantitative estimate of drug-likeness (QED) is 0.206. The number of alkyl halides is 3. The highest BCUT2D eigenvalue weighted by atomic mass is 35.5. The normalized spacial score (nSPS) is 15.0. The molecule has 0 N–H and O–H groups in total. The molecule has 4 nitrogen and oxygen atoms in total. The van der Waals surface area contributed by atoms with Crippen LogP contribution in [0.4, 0.5) is 18.9 Å². The smallest absolute Gasteiger partial charge is 0.416 e. The Kier molecular flexibility index (Phi) is 8.38. The van der Waals surface area contributed by atoms with E-state index in [9.17, 15) is 18.0 Å². The van der Waals surface area contributed by atoms with Crippen molar-refractivity contribution in [3.8, 4) is 11.5 Å². The first-order chi connectivity index (χ1) is 17.6. The van der Waals surface area contributed by atoms with Crippen LogP contribution in [0.5, 0.6) is 11.5 Å². The highest BCUT2D eigenvalue weighted by Crippen LogP contribution is 2.39. The SMILES string of the molecule is CCOc1cc(/C=C2\SC(=S)N(c3cccc(C(F)(F)F)c3)C2=O)ccc1OCc1ccc(Cl)cc1Cl. The number of carbonyl (C=O) groups excluding carboxylic acids is 1. The van der Waals surface area contributed by atoms with Crippen molar-refractivity contribution in [3.63, 3.8) is 0 Å². The minimum Gasteiger partial charge on any atom is -0.490 e. The highest BCUT2D eigenvalue weighted by molar-refractivity contribution is 8.27. The lowest BCUT2D eigenvalue weighted by atomic mass is 10.1. The lowest BCUT2D eigenvalue weighted by molar-refractivity contribution is -0.137. The average molecular weight is 584 g/mol. The molecule has 1 amide bonds. The molecule has 37 heavy (non-hydrogen) atoms. The lowest BCUT2D eigenvalue weighted by Crippen LogP contribution is -2.27. The summed E-state index contributed by atoms with van der Waals surface area (Å²) in [6, 6.07) is 14.8. The summed E-state index contributed by atoms with van der Waals surface area (Å²) in [5, 5.41) is 0.997. The van der Waals surface area contributed by atoms with Crippen LogP contribution in [0, 0.1) is 0 Å². The van der Waals surface area contributed by atoms with E-state index in [-0.39, 0.29) is 21.5 Å². The van der Waals surface area contributed by atoms with Gasteiger partial charge in [-0.1, -0.05) is 65.4 Å². The molecular weight excluding hydrogens is 566 g/mol. The average Bonchev–Trinajstić information content (AvgIpc) is 3.11. The van der Waals surface area contributed by atoms with Crippen LogP contribution in [0.25, 0.3) is 6.08 Å². The van der Waals surface area contributed by atoms with Gasteiger partial charge in [0, 0.05) is 15.6 Å². The van der Waals surface area contributed by atoms with Gasteiger partial charge in [-0.25, -0.2) is 0 Å². The summed E-state index contributed by atoms with van der Waals surface area (Å²) in [5.41, 5.74) is 0.570. The zero-order chi connectivity index (χ0) is 26.7. The molecule has 0 bridgehead atoms. The molecule has 0 atom stereocenters. The Morgan fingerprint density at radius 1 is 1.03 bits per heavy atom. The molecule has 0 radical (unpaired) electrons. The van der Waals surface area contributed by atoms with E-state index in [1.807, 2.05) is 6.92 Å². The second-order valence-corrected chi connectivity index (χ2v) is 10.2. The molecule has 192 valence electrons. The second kappa shape index (κ2) is 11.3. The molecule has 0 saturated carbocycles. The summed E-state index contributed by atoms with van der Waals surface area (Å²) in [5.74, 6) is 0.418. The Balaban J connectivity index is 1.56. The minimum atomic E-state index is -4.54. The Hall–Kier alpha value is -2.72. The number of rotatable bonds is 7. The number of ether oxygens (including phenoxy) is 2. The van der Waals surface area contributed by atoms with E-state index >= 15 is 0 Å². The van der Waals surface area contributed by atoms with Crippen molar-refractivity contribution in [2.45, 2.75) is 19.7 Å². The minimum absolute atomic E-state index is 0.0559. The number of thioether (sulfide) groups is 1. The third-order valence-corrected chi connectivity index (χ3v) is 7.08. The number of hydrogen-bond acceptors (Lipinski definition) is 5. The summed E-state index contributed by atoms with van der Waals surface area (Å²) in [6.45, 7) is 2.39. The molecule has 1 heterocycles. The van der Waals surface area contributed by atoms with E-state index < -0.39 is 17.6 Å². The van der Waals surface area contributed by atoms with Crippen molar-refractivity contribution in [1.82, 2.24) is 0 Å². The molecule has 0 unspecified atom stereocenters. The monoisotopic (exact) mass is 583 g/mol. The highest BCUT2D eigenvalue weighted by Gasteiger charge is 2.36. The van der Waals surface area contributed by atoms with Crippen molar-refractivity contribution in [2.24, 2.45) is 0 Å². The summed E-state index contributed by atoms with van der Waals surface area (Å²) < 4.78 is 51.2. The third kappa shape index (κ3) is 6.41. The van der Waals surface area contributed by atoms with Gasteiger partial charge in [0.25, 0.3) is 5.91 Å². The first-order valence-electron chi connectivity index (χ1n) is 10.9.